The number of fused-ring (bicyclic) bond motifs is 1. The van der Waals surface area contributed by atoms with Gasteiger partial charge in [-0.05, 0) is 32.0 Å². The number of rotatable bonds is 1. The number of nitrogens with two attached hydrogens (primary N) is 1. The summed E-state index contributed by atoms with van der Waals surface area (Å²) < 4.78 is 10.8. The van der Waals surface area contributed by atoms with Crippen molar-refractivity contribution in [3.05, 3.63) is 23.8 Å². The monoisotopic (exact) mass is 223 g/mol. The van der Waals surface area contributed by atoms with Crippen molar-refractivity contribution < 1.29 is 14.6 Å². The molecule has 0 saturated heterocycles. The lowest BCUT2D eigenvalue weighted by molar-refractivity contribution is -0.0572. The highest BCUT2D eigenvalue weighted by Gasteiger charge is 2.41. The van der Waals surface area contributed by atoms with Crippen LogP contribution in [0.3, 0.4) is 0 Å². The molecule has 0 aromatic heterocycles. The molecule has 0 saturated carbocycles. The first-order valence-corrected chi connectivity index (χ1v) is 5.26. The van der Waals surface area contributed by atoms with E-state index in [0.29, 0.717) is 11.5 Å². The Hall–Kier alpha value is -1.26. The summed E-state index contributed by atoms with van der Waals surface area (Å²) in [5.74, 6) is 1.42. The molecular formula is C12H17NO3. The molecule has 1 aliphatic heterocycles. The highest BCUT2D eigenvalue weighted by Crippen LogP contribution is 2.39. The zero-order chi connectivity index (χ0) is 11.9. The van der Waals surface area contributed by atoms with Gasteiger partial charge in [0.2, 0.25) is 0 Å². The lowest BCUT2D eigenvalue weighted by Crippen LogP contribution is -2.51. The second-order valence-corrected chi connectivity index (χ2v) is 4.58. The van der Waals surface area contributed by atoms with E-state index in [1.165, 1.54) is 0 Å². The van der Waals surface area contributed by atoms with Crippen LogP contribution in [0.5, 0.6) is 11.5 Å². The van der Waals surface area contributed by atoms with Gasteiger partial charge in [0.25, 0.3) is 0 Å². The third kappa shape index (κ3) is 1.64. The second-order valence-electron chi connectivity index (χ2n) is 4.58. The predicted molar refractivity (Wildman–Crippen MR) is 60.6 cm³/mol. The van der Waals surface area contributed by atoms with Crippen LogP contribution in [-0.4, -0.2) is 23.9 Å². The van der Waals surface area contributed by atoms with Gasteiger partial charge in [-0.1, -0.05) is 0 Å². The lowest BCUT2D eigenvalue weighted by Gasteiger charge is -2.40. The van der Waals surface area contributed by atoms with Crippen molar-refractivity contribution in [1.82, 2.24) is 0 Å². The van der Waals surface area contributed by atoms with Crippen molar-refractivity contribution in [2.45, 2.75) is 31.6 Å². The fraction of sp³-hybridized carbons (Fsp3) is 0.500. The number of ether oxygens (including phenoxy) is 2. The van der Waals surface area contributed by atoms with E-state index in [0.717, 1.165) is 5.56 Å². The first kappa shape index (κ1) is 11.2. The minimum absolute atomic E-state index is 0.450. The molecule has 1 aliphatic rings. The Morgan fingerprint density at radius 2 is 2.12 bits per heavy atom. The molecule has 4 nitrogen and oxygen atoms in total. The summed E-state index contributed by atoms with van der Waals surface area (Å²) in [5.41, 5.74) is 6.12. The van der Waals surface area contributed by atoms with Gasteiger partial charge in [0.15, 0.2) is 0 Å². The van der Waals surface area contributed by atoms with E-state index in [2.05, 4.69) is 0 Å². The third-order valence-corrected chi connectivity index (χ3v) is 3.00. The van der Waals surface area contributed by atoms with E-state index in [9.17, 15) is 5.11 Å². The van der Waals surface area contributed by atoms with Gasteiger partial charge in [-0.3, -0.25) is 0 Å². The summed E-state index contributed by atoms with van der Waals surface area (Å²) in [4.78, 5) is 0. The average molecular weight is 223 g/mol. The van der Waals surface area contributed by atoms with E-state index < -0.39 is 17.7 Å². The summed E-state index contributed by atoms with van der Waals surface area (Å²) >= 11 is 0. The standard InChI is InChI=1S/C12H17NO3/c1-12(2)11(14)10(13)8-6-7(15-3)4-5-9(8)16-12/h4-6,10-11,14H,13H2,1-3H3/t10-,11+/m1/s1. The third-order valence-electron chi connectivity index (χ3n) is 3.00. The SMILES string of the molecule is COc1ccc2c(c1)[C@@H](N)[C@H](O)C(C)(C)O2. The molecule has 0 radical (unpaired) electrons. The van der Waals surface area contributed by atoms with Crippen molar-refractivity contribution in [2.24, 2.45) is 5.73 Å². The van der Waals surface area contributed by atoms with E-state index in [1.807, 2.05) is 26.0 Å². The molecule has 2 atom stereocenters. The Morgan fingerprint density at radius 3 is 2.75 bits per heavy atom. The quantitative estimate of drug-likeness (QED) is 0.751. The summed E-state index contributed by atoms with van der Waals surface area (Å²) in [6, 6.07) is 4.99. The molecular weight excluding hydrogens is 206 g/mol. The highest BCUT2D eigenvalue weighted by molar-refractivity contribution is 5.45. The van der Waals surface area contributed by atoms with Crippen LogP contribution >= 0.6 is 0 Å². The summed E-state index contributed by atoms with van der Waals surface area (Å²) in [5, 5.41) is 10.0. The molecule has 16 heavy (non-hydrogen) atoms. The molecule has 88 valence electrons. The normalized spacial score (nSPS) is 26.8. The molecule has 3 N–H and O–H groups in total. The minimum atomic E-state index is -0.730. The zero-order valence-electron chi connectivity index (χ0n) is 9.73. The average Bonchev–Trinajstić information content (AvgIpc) is 2.25. The number of benzene rings is 1. The van der Waals surface area contributed by atoms with Crippen LogP contribution < -0.4 is 15.2 Å². The largest absolute Gasteiger partial charge is 0.497 e. The fourth-order valence-electron chi connectivity index (χ4n) is 1.95. The minimum Gasteiger partial charge on any atom is -0.497 e. The molecule has 4 heteroatoms. The van der Waals surface area contributed by atoms with Crippen LogP contribution in [-0.2, 0) is 0 Å². The molecule has 0 aliphatic carbocycles. The first-order valence-electron chi connectivity index (χ1n) is 5.26. The molecule has 1 heterocycles. The summed E-state index contributed by atoms with van der Waals surface area (Å²) in [6.07, 6.45) is -0.730. The molecule has 0 spiro atoms. The van der Waals surface area contributed by atoms with Crippen molar-refractivity contribution >= 4 is 0 Å². The van der Waals surface area contributed by atoms with Crippen LogP contribution in [0.4, 0.5) is 0 Å². The van der Waals surface area contributed by atoms with E-state index in [4.69, 9.17) is 15.2 Å². The maximum atomic E-state index is 10.0. The van der Waals surface area contributed by atoms with Crippen LogP contribution in [0.25, 0.3) is 0 Å². The molecule has 1 aromatic carbocycles. The van der Waals surface area contributed by atoms with Crippen molar-refractivity contribution in [1.29, 1.82) is 0 Å². The Morgan fingerprint density at radius 1 is 1.44 bits per heavy atom. The Kier molecular flexibility index (Phi) is 2.56. The van der Waals surface area contributed by atoms with Gasteiger partial charge in [0.1, 0.15) is 23.2 Å². The highest BCUT2D eigenvalue weighted by atomic mass is 16.5. The topological polar surface area (TPSA) is 64.7 Å². The first-order chi connectivity index (χ1) is 7.45. The molecule has 0 unspecified atom stereocenters. The smallest absolute Gasteiger partial charge is 0.131 e. The molecule has 1 aromatic rings. The maximum absolute atomic E-state index is 10.0. The van der Waals surface area contributed by atoms with E-state index in [1.54, 1.807) is 13.2 Å². The van der Waals surface area contributed by atoms with Crippen LogP contribution in [0.2, 0.25) is 0 Å². The van der Waals surface area contributed by atoms with Gasteiger partial charge in [0.05, 0.1) is 13.2 Å². The summed E-state index contributed by atoms with van der Waals surface area (Å²) in [7, 11) is 1.59. The number of methoxy groups -OCH3 is 1. The van der Waals surface area contributed by atoms with E-state index >= 15 is 0 Å². The number of hydrogen-bond acceptors (Lipinski definition) is 4. The van der Waals surface area contributed by atoms with Gasteiger partial charge in [-0.2, -0.15) is 0 Å². The molecule has 2 rings (SSSR count). The van der Waals surface area contributed by atoms with Crippen LogP contribution in [0.15, 0.2) is 18.2 Å². The Labute approximate surface area is 95.0 Å². The Balaban J connectivity index is 2.47. The fourth-order valence-corrected chi connectivity index (χ4v) is 1.95. The number of aliphatic hydroxyl groups excluding tert-OH is 1. The van der Waals surface area contributed by atoms with Gasteiger partial charge < -0.3 is 20.3 Å². The van der Waals surface area contributed by atoms with E-state index in [-0.39, 0.29) is 0 Å². The number of hydrogen-bond donors (Lipinski definition) is 2. The second kappa shape index (κ2) is 3.64. The van der Waals surface area contributed by atoms with Crippen molar-refractivity contribution in [3.63, 3.8) is 0 Å². The molecule has 0 amide bonds. The van der Waals surface area contributed by atoms with Gasteiger partial charge >= 0.3 is 0 Å². The van der Waals surface area contributed by atoms with Crippen molar-refractivity contribution in [3.8, 4) is 11.5 Å². The van der Waals surface area contributed by atoms with Gasteiger partial charge in [0, 0.05) is 5.56 Å². The van der Waals surface area contributed by atoms with Gasteiger partial charge in [-0.25, -0.2) is 0 Å². The van der Waals surface area contributed by atoms with Gasteiger partial charge in [-0.15, -0.1) is 0 Å². The number of aliphatic hydroxyl groups is 1. The maximum Gasteiger partial charge on any atom is 0.131 e. The van der Waals surface area contributed by atoms with Crippen LogP contribution in [0, 0.1) is 0 Å². The molecule has 0 bridgehead atoms. The summed E-state index contributed by atoms with van der Waals surface area (Å²) in [6.45, 7) is 3.65. The van der Waals surface area contributed by atoms with Crippen LogP contribution in [0.1, 0.15) is 25.5 Å². The predicted octanol–water partition coefficient (Wildman–Crippen LogP) is 1.23. The zero-order valence-corrected chi connectivity index (χ0v) is 9.73. The molecule has 0 fully saturated rings. The lowest BCUT2D eigenvalue weighted by atomic mass is 9.87. The van der Waals surface area contributed by atoms with Crippen molar-refractivity contribution in [2.75, 3.05) is 7.11 Å². The Bertz CT molecular complexity index is 403.